The minimum Gasteiger partial charge on any atom is -0.335 e. The Labute approximate surface area is 69.4 Å². The van der Waals surface area contributed by atoms with Crippen LogP contribution in [0.2, 0.25) is 0 Å². The lowest BCUT2D eigenvalue weighted by Gasteiger charge is -2.00. The van der Waals surface area contributed by atoms with E-state index in [0.717, 1.165) is 24.1 Å². The summed E-state index contributed by atoms with van der Waals surface area (Å²) in [4.78, 5) is 4.12. The van der Waals surface area contributed by atoms with Crippen LogP contribution in [0.5, 0.6) is 0 Å². The molecule has 56 valence electrons. The van der Waals surface area contributed by atoms with E-state index >= 15 is 0 Å². The van der Waals surface area contributed by atoms with Crippen molar-refractivity contribution in [1.82, 2.24) is 9.55 Å². The standard InChI is InChI=1S/C7H11BrN2/c1-7-9-4-6-10(7)5-2-3-8/h4,6H,2-3,5H2,1H3. The van der Waals surface area contributed by atoms with Gasteiger partial charge in [0.1, 0.15) is 5.82 Å². The maximum Gasteiger partial charge on any atom is 0.105 e. The molecule has 3 heteroatoms. The molecule has 0 spiro atoms. The van der Waals surface area contributed by atoms with Crippen LogP contribution in [0.3, 0.4) is 0 Å². The molecule has 0 amide bonds. The van der Waals surface area contributed by atoms with Crippen LogP contribution in [0.4, 0.5) is 0 Å². The van der Waals surface area contributed by atoms with Crippen molar-refractivity contribution in [1.29, 1.82) is 0 Å². The lowest BCUT2D eigenvalue weighted by atomic mass is 10.5. The molecule has 1 aromatic rings. The first-order valence-electron chi connectivity index (χ1n) is 3.38. The van der Waals surface area contributed by atoms with Crippen LogP contribution in [-0.4, -0.2) is 14.9 Å². The van der Waals surface area contributed by atoms with Gasteiger partial charge in [-0.1, -0.05) is 15.9 Å². The Hall–Kier alpha value is -0.310. The van der Waals surface area contributed by atoms with Crippen molar-refractivity contribution in [3.8, 4) is 0 Å². The van der Waals surface area contributed by atoms with E-state index in [4.69, 9.17) is 0 Å². The Morgan fingerprint density at radius 1 is 1.70 bits per heavy atom. The van der Waals surface area contributed by atoms with Gasteiger partial charge >= 0.3 is 0 Å². The molecule has 0 bridgehead atoms. The summed E-state index contributed by atoms with van der Waals surface area (Å²) in [6, 6.07) is 0. The van der Waals surface area contributed by atoms with Crippen LogP contribution >= 0.6 is 15.9 Å². The predicted molar refractivity (Wildman–Crippen MR) is 45.4 cm³/mol. The first-order chi connectivity index (χ1) is 4.84. The van der Waals surface area contributed by atoms with Gasteiger partial charge in [0, 0.05) is 24.3 Å². The van der Waals surface area contributed by atoms with E-state index in [1.807, 2.05) is 19.3 Å². The third kappa shape index (κ3) is 1.84. The van der Waals surface area contributed by atoms with Gasteiger partial charge < -0.3 is 4.57 Å². The highest BCUT2D eigenvalue weighted by atomic mass is 79.9. The van der Waals surface area contributed by atoms with Crippen LogP contribution in [0.25, 0.3) is 0 Å². The van der Waals surface area contributed by atoms with E-state index in [-0.39, 0.29) is 0 Å². The molecule has 1 rings (SSSR count). The summed E-state index contributed by atoms with van der Waals surface area (Å²) in [6.45, 7) is 3.09. The highest BCUT2D eigenvalue weighted by Gasteiger charge is 1.93. The predicted octanol–water partition coefficient (Wildman–Crippen LogP) is 1.98. The number of hydrogen-bond acceptors (Lipinski definition) is 1. The maximum atomic E-state index is 4.12. The summed E-state index contributed by atoms with van der Waals surface area (Å²) in [5, 5.41) is 1.06. The first-order valence-corrected chi connectivity index (χ1v) is 4.50. The molecule has 2 nitrogen and oxygen atoms in total. The Morgan fingerprint density at radius 2 is 2.50 bits per heavy atom. The van der Waals surface area contributed by atoms with Crippen LogP contribution in [-0.2, 0) is 6.54 Å². The number of rotatable bonds is 3. The molecular formula is C7H11BrN2. The number of imidazole rings is 1. The zero-order valence-electron chi connectivity index (χ0n) is 6.05. The normalized spacial score (nSPS) is 10.2. The highest BCUT2D eigenvalue weighted by molar-refractivity contribution is 9.09. The van der Waals surface area contributed by atoms with E-state index in [1.165, 1.54) is 0 Å². The van der Waals surface area contributed by atoms with Gasteiger partial charge in [-0.3, -0.25) is 0 Å². The molecule has 0 aliphatic heterocycles. The average molecular weight is 203 g/mol. The molecule has 0 saturated carbocycles. The number of nitrogens with zero attached hydrogens (tertiary/aromatic N) is 2. The van der Waals surface area contributed by atoms with Crippen LogP contribution in [0.15, 0.2) is 12.4 Å². The summed E-state index contributed by atoms with van der Waals surface area (Å²) in [5.74, 6) is 1.10. The monoisotopic (exact) mass is 202 g/mol. The quantitative estimate of drug-likeness (QED) is 0.686. The van der Waals surface area contributed by atoms with Crippen molar-refractivity contribution >= 4 is 15.9 Å². The van der Waals surface area contributed by atoms with Gasteiger partial charge in [0.05, 0.1) is 0 Å². The number of aromatic nitrogens is 2. The molecule has 1 heterocycles. The molecule has 0 aliphatic carbocycles. The summed E-state index contributed by atoms with van der Waals surface area (Å²) in [5.41, 5.74) is 0. The Kier molecular flexibility index (Phi) is 2.93. The Balaban J connectivity index is 2.49. The van der Waals surface area contributed by atoms with Gasteiger partial charge in [-0.05, 0) is 13.3 Å². The molecule has 0 aromatic carbocycles. The lowest BCUT2D eigenvalue weighted by molar-refractivity contribution is 0.664. The van der Waals surface area contributed by atoms with Crippen molar-refractivity contribution in [2.75, 3.05) is 5.33 Å². The third-order valence-electron chi connectivity index (χ3n) is 1.46. The zero-order chi connectivity index (χ0) is 7.40. The largest absolute Gasteiger partial charge is 0.335 e. The summed E-state index contributed by atoms with van der Waals surface area (Å²) < 4.78 is 2.15. The van der Waals surface area contributed by atoms with E-state index in [9.17, 15) is 0 Å². The minimum atomic E-state index is 1.06. The van der Waals surface area contributed by atoms with Crippen molar-refractivity contribution < 1.29 is 0 Å². The van der Waals surface area contributed by atoms with Crippen LogP contribution in [0.1, 0.15) is 12.2 Å². The van der Waals surface area contributed by atoms with Gasteiger partial charge in [0.25, 0.3) is 0 Å². The molecule has 0 N–H and O–H groups in total. The molecule has 0 aliphatic rings. The summed E-state index contributed by atoms with van der Waals surface area (Å²) >= 11 is 3.39. The fourth-order valence-corrected chi connectivity index (χ4v) is 1.12. The summed E-state index contributed by atoms with van der Waals surface area (Å²) in [7, 11) is 0. The second kappa shape index (κ2) is 3.76. The molecular weight excluding hydrogens is 192 g/mol. The third-order valence-corrected chi connectivity index (χ3v) is 2.02. The molecule has 0 fully saturated rings. The number of alkyl halides is 1. The van der Waals surface area contributed by atoms with Gasteiger partial charge in [-0.25, -0.2) is 4.98 Å². The average Bonchev–Trinajstić information content (AvgIpc) is 2.31. The second-order valence-corrected chi connectivity index (χ2v) is 3.00. The number of aryl methyl sites for hydroxylation is 2. The highest BCUT2D eigenvalue weighted by Crippen LogP contribution is 1.98. The van der Waals surface area contributed by atoms with E-state index in [1.54, 1.807) is 0 Å². The molecule has 0 atom stereocenters. The van der Waals surface area contributed by atoms with E-state index in [0.29, 0.717) is 0 Å². The van der Waals surface area contributed by atoms with E-state index in [2.05, 4.69) is 25.5 Å². The first kappa shape index (κ1) is 7.79. The lowest BCUT2D eigenvalue weighted by Crippen LogP contribution is -1.98. The van der Waals surface area contributed by atoms with Crippen molar-refractivity contribution in [3.63, 3.8) is 0 Å². The molecule has 0 saturated heterocycles. The summed E-state index contributed by atoms with van der Waals surface area (Å²) in [6.07, 6.45) is 5.01. The van der Waals surface area contributed by atoms with Gasteiger partial charge in [0.15, 0.2) is 0 Å². The number of halogens is 1. The molecule has 1 aromatic heterocycles. The SMILES string of the molecule is Cc1nccn1CCCBr. The topological polar surface area (TPSA) is 17.8 Å². The van der Waals surface area contributed by atoms with E-state index < -0.39 is 0 Å². The fraction of sp³-hybridized carbons (Fsp3) is 0.571. The number of hydrogen-bond donors (Lipinski definition) is 0. The second-order valence-electron chi connectivity index (χ2n) is 2.21. The Morgan fingerprint density at radius 3 is 3.00 bits per heavy atom. The van der Waals surface area contributed by atoms with Crippen LogP contribution < -0.4 is 0 Å². The van der Waals surface area contributed by atoms with Gasteiger partial charge in [-0.15, -0.1) is 0 Å². The fourth-order valence-electron chi connectivity index (χ4n) is 0.870. The maximum absolute atomic E-state index is 4.12. The van der Waals surface area contributed by atoms with Crippen molar-refractivity contribution in [3.05, 3.63) is 18.2 Å². The molecule has 0 radical (unpaired) electrons. The molecule has 0 unspecified atom stereocenters. The van der Waals surface area contributed by atoms with Crippen molar-refractivity contribution in [2.45, 2.75) is 19.9 Å². The van der Waals surface area contributed by atoms with Crippen LogP contribution in [0, 0.1) is 6.92 Å². The zero-order valence-corrected chi connectivity index (χ0v) is 7.63. The minimum absolute atomic E-state index is 1.06. The van der Waals surface area contributed by atoms with Gasteiger partial charge in [-0.2, -0.15) is 0 Å². The molecule has 10 heavy (non-hydrogen) atoms. The Bertz CT molecular complexity index is 195. The van der Waals surface area contributed by atoms with Gasteiger partial charge in [0.2, 0.25) is 0 Å². The smallest absolute Gasteiger partial charge is 0.105 e. The van der Waals surface area contributed by atoms with Crippen molar-refractivity contribution in [2.24, 2.45) is 0 Å².